The fourth-order valence-corrected chi connectivity index (χ4v) is 5.38. The van der Waals surface area contributed by atoms with E-state index in [1.807, 2.05) is 0 Å². The maximum atomic E-state index is 9.21. The summed E-state index contributed by atoms with van der Waals surface area (Å²) in [5, 5.41) is 13.7. The second-order valence-corrected chi connectivity index (χ2v) is 7.44. The molecule has 1 aromatic heterocycles. The van der Waals surface area contributed by atoms with E-state index in [9.17, 15) is 5.11 Å². The van der Waals surface area contributed by atoms with E-state index < -0.39 is 0 Å². The summed E-state index contributed by atoms with van der Waals surface area (Å²) < 4.78 is 2.09. The minimum atomic E-state index is 0.0507. The van der Waals surface area contributed by atoms with Crippen molar-refractivity contribution in [1.82, 2.24) is 14.7 Å². The third-order valence-electron chi connectivity index (χ3n) is 3.77. The normalized spacial score (nSPS) is 22.8. The number of nitrogens with zero attached hydrogens (tertiary/aromatic N) is 3. The van der Waals surface area contributed by atoms with E-state index in [2.05, 4.69) is 44.3 Å². The van der Waals surface area contributed by atoms with Crippen LogP contribution in [0.1, 0.15) is 17.8 Å². The molecule has 106 valence electrons. The summed E-state index contributed by atoms with van der Waals surface area (Å²) in [6.07, 6.45) is 1.16. The molecule has 2 aliphatic rings. The van der Waals surface area contributed by atoms with Crippen molar-refractivity contribution in [1.29, 1.82) is 0 Å². The highest BCUT2D eigenvalue weighted by molar-refractivity contribution is 8.03. The Bertz CT molecular complexity index is 416. The van der Waals surface area contributed by atoms with Gasteiger partial charge in [-0.15, -0.1) is 0 Å². The molecule has 3 heterocycles. The van der Waals surface area contributed by atoms with E-state index in [0.717, 1.165) is 25.2 Å². The number of aliphatic hydroxyl groups is 1. The Balaban J connectivity index is 1.73. The van der Waals surface area contributed by atoms with Crippen molar-refractivity contribution >= 4 is 23.5 Å². The third kappa shape index (κ3) is 3.29. The van der Waals surface area contributed by atoms with Gasteiger partial charge < -0.3 is 5.11 Å². The highest BCUT2D eigenvalue weighted by Crippen LogP contribution is 2.24. The first-order valence-corrected chi connectivity index (χ1v) is 9.24. The Morgan fingerprint density at radius 1 is 1.26 bits per heavy atom. The van der Waals surface area contributed by atoms with Crippen molar-refractivity contribution < 1.29 is 5.11 Å². The van der Waals surface area contributed by atoms with E-state index in [-0.39, 0.29) is 6.61 Å². The van der Waals surface area contributed by atoms with E-state index in [1.165, 1.54) is 35.3 Å². The van der Waals surface area contributed by atoms with Crippen LogP contribution in [0, 0.1) is 0 Å². The molecule has 0 spiro atoms. The van der Waals surface area contributed by atoms with E-state index in [1.54, 1.807) is 0 Å². The van der Waals surface area contributed by atoms with Crippen LogP contribution in [0.15, 0.2) is 6.07 Å². The number of hydrogen-bond acceptors (Lipinski definition) is 5. The average Bonchev–Trinajstić information content (AvgIpc) is 2.64. The van der Waals surface area contributed by atoms with Crippen LogP contribution in [-0.2, 0) is 19.7 Å². The van der Waals surface area contributed by atoms with Gasteiger partial charge in [0.2, 0.25) is 0 Å². The number of fused-ring (bicyclic) bond motifs is 1. The summed E-state index contributed by atoms with van der Waals surface area (Å²) in [4.78, 5) is 2.62. The Kier molecular flexibility index (Phi) is 4.73. The first-order chi connectivity index (χ1) is 9.36. The molecule has 19 heavy (non-hydrogen) atoms. The fourth-order valence-electron chi connectivity index (χ4n) is 2.75. The summed E-state index contributed by atoms with van der Waals surface area (Å²) in [6.45, 7) is 3.19. The van der Waals surface area contributed by atoms with Crippen LogP contribution in [0.25, 0.3) is 0 Å². The Hall–Kier alpha value is -0.170. The van der Waals surface area contributed by atoms with Gasteiger partial charge >= 0.3 is 0 Å². The molecule has 6 heteroatoms. The van der Waals surface area contributed by atoms with Crippen LogP contribution >= 0.6 is 23.5 Å². The van der Waals surface area contributed by atoms with E-state index in [4.69, 9.17) is 0 Å². The number of rotatable bonds is 2. The first kappa shape index (κ1) is 13.8. The molecular weight excluding hydrogens is 278 g/mol. The van der Waals surface area contributed by atoms with Crippen LogP contribution < -0.4 is 0 Å². The van der Waals surface area contributed by atoms with Crippen molar-refractivity contribution in [3.63, 3.8) is 0 Å². The fraction of sp³-hybridized carbons (Fsp3) is 0.769. The van der Waals surface area contributed by atoms with Gasteiger partial charge in [-0.25, -0.2) is 0 Å². The van der Waals surface area contributed by atoms with Crippen LogP contribution in [0.4, 0.5) is 0 Å². The topological polar surface area (TPSA) is 41.3 Å². The van der Waals surface area contributed by atoms with E-state index in [0.29, 0.717) is 6.04 Å². The van der Waals surface area contributed by atoms with Gasteiger partial charge in [0.1, 0.15) is 0 Å². The first-order valence-electron chi connectivity index (χ1n) is 6.93. The maximum Gasteiger partial charge on any atom is 0.0882 e. The van der Waals surface area contributed by atoms with Gasteiger partial charge in [0.15, 0.2) is 0 Å². The zero-order chi connectivity index (χ0) is 13.1. The average molecular weight is 299 g/mol. The molecular formula is C13H21N3OS2. The highest BCUT2D eigenvalue weighted by atomic mass is 32.2. The standard InChI is InChI=1S/C13H21N3OS2/c17-8-11-6-12-7-15(2-1-3-16(12)14-11)13-9-18-4-5-19-10-13/h6,13,17H,1-5,7-10H2. The minimum Gasteiger partial charge on any atom is -0.390 e. The minimum absolute atomic E-state index is 0.0507. The van der Waals surface area contributed by atoms with E-state index >= 15 is 0 Å². The smallest absolute Gasteiger partial charge is 0.0882 e. The van der Waals surface area contributed by atoms with Crippen LogP contribution in [0.2, 0.25) is 0 Å². The molecule has 0 saturated carbocycles. The number of aryl methyl sites for hydroxylation is 1. The zero-order valence-electron chi connectivity index (χ0n) is 11.1. The molecule has 1 fully saturated rings. The largest absolute Gasteiger partial charge is 0.390 e. The summed E-state index contributed by atoms with van der Waals surface area (Å²) in [6, 6.07) is 2.76. The van der Waals surface area contributed by atoms with Gasteiger partial charge in [-0.1, -0.05) is 0 Å². The molecule has 0 bridgehead atoms. The van der Waals surface area contributed by atoms with Crippen molar-refractivity contribution in [2.45, 2.75) is 32.2 Å². The second-order valence-electron chi connectivity index (χ2n) is 5.14. The van der Waals surface area contributed by atoms with Crippen LogP contribution in [0.5, 0.6) is 0 Å². The molecule has 1 N–H and O–H groups in total. The summed E-state index contributed by atoms with van der Waals surface area (Å²) in [5.41, 5.74) is 2.07. The molecule has 3 rings (SSSR count). The molecule has 0 aliphatic carbocycles. The predicted octanol–water partition coefficient (Wildman–Crippen LogP) is 1.43. The SMILES string of the molecule is OCc1cc2n(n1)CCCN(C1CSCCSC1)C2. The molecule has 1 saturated heterocycles. The maximum absolute atomic E-state index is 9.21. The van der Waals surface area contributed by atoms with Crippen molar-refractivity contribution in [2.75, 3.05) is 29.6 Å². The summed E-state index contributed by atoms with van der Waals surface area (Å²) >= 11 is 4.18. The highest BCUT2D eigenvalue weighted by Gasteiger charge is 2.24. The molecule has 0 aromatic carbocycles. The lowest BCUT2D eigenvalue weighted by Crippen LogP contribution is -2.38. The van der Waals surface area contributed by atoms with Crippen molar-refractivity contribution in [2.24, 2.45) is 0 Å². The third-order valence-corrected chi connectivity index (χ3v) is 6.25. The van der Waals surface area contributed by atoms with Gasteiger partial charge in [0, 0.05) is 48.7 Å². The van der Waals surface area contributed by atoms with Crippen molar-refractivity contribution in [3.05, 3.63) is 17.5 Å². The van der Waals surface area contributed by atoms with Gasteiger partial charge in [-0.3, -0.25) is 9.58 Å². The molecule has 1 aromatic rings. The monoisotopic (exact) mass is 299 g/mol. The number of aromatic nitrogens is 2. The number of thioether (sulfide) groups is 2. The Labute approximate surface area is 122 Å². The molecule has 4 nitrogen and oxygen atoms in total. The summed E-state index contributed by atoms with van der Waals surface area (Å²) in [7, 11) is 0. The van der Waals surface area contributed by atoms with Crippen LogP contribution in [-0.4, -0.2) is 55.4 Å². The quantitative estimate of drug-likeness (QED) is 0.895. The van der Waals surface area contributed by atoms with Gasteiger partial charge in [0.25, 0.3) is 0 Å². The lowest BCUT2D eigenvalue weighted by atomic mass is 10.2. The Morgan fingerprint density at radius 2 is 2.05 bits per heavy atom. The van der Waals surface area contributed by atoms with Gasteiger partial charge in [-0.2, -0.15) is 28.6 Å². The second kappa shape index (κ2) is 6.52. The predicted molar refractivity (Wildman–Crippen MR) is 81.6 cm³/mol. The lowest BCUT2D eigenvalue weighted by molar-refractivity contribution is 0.223. The lowest BCUT2D eigenvalue weighted by Gasteiger charge is -2.28. The van der Waals surface area contributed by atoms with Crippen LogP contribution in [0.3, 0.4) is 0 Å². The molecule has 2 aliphatic heterocycles. The Morgan fingerprint density at radius 3 is 2.79 bits per heavy atom. The molecule has 0 radical (unpaired) electrons. The molecule has 0 atom stereocenters. The number of aliphatic hydroxyl groups excluding tert-OH is 1. The number of hydrogen-bond donors (Lipinski definition) is 1. The molecule has 0 unspecified atom stereocenters. The van der Waals surface area contributed by atoms with Gasteiger partial charge in [0.05, 0.1) is 18.0 Å². The molecule has 0 amide bonds. The van der Waals surface area contributed by atoms with Gasteiger partial charge in [-0.05, 0) is 12.5 Å². The zero-order valence-corrected chi connectivity index (χ0v) is 12.8. The van der Waals surface area contributed by atoms with Crippen molar-refractivity contribution in [3.8, 4) is 0 Å². The summed E-state index contributed by atoms with van der Waals surface area (Å²) in [5.74, 6) is 5.10.